The van der Waals surface area contributed by atoms with Gasteiger partial charge in [0, 0.05) is 4.88 Å². The Morgan fingerprint density at radius 1 is 1.59 bits per heavy atom. The Labute approximate surface area is 102 Å². The van der Waals surface area contributed by atoms with Gasteiger partial charge in [-0.15, -0.1) is 11.3 Å². The molecule has 5 nitrogen and oxygen atoms in total. The fraction of sp³-hybridized carbons (Fsp3) is 0.364. The zero-order valence-electron chi connectivity index (χ0n) is 9.76. The highest BCUT2D eigenvalue weighted by Crippen LogP contribution is 2.20. The summed E-state index contributed by atoms with van der Waals surface area (Å²) in [6, 6.07) is 1.13. The highest BCUT2D eigenvalue weighted by molar-refractivity contribution is 7.18. The lowest BCUT2D eigenvalue weighted by molar-refractivity contribution is -0.144. The van der Waals surface area contributed by atoms with Crippen molar-refractivity contribution in [2.45, 2.75) is 19.9 Å². The molecule has 0 aliphatic rings. The minimum absolute atomic E-state index is 0.211. The van der Waals surface area contributed by atoms with E-state index in [2.05, 4.69) is 9.72 Å². The summed E-state index contributed by atoms with van der Waals surface area (Å²) in [5.41, 5.74) is -0.211. The van der Waals surface area contributed by atoms with Crippen LogP contribution in [0.5, 0.6) is 0 Å². The Bertz CT molecular complexity index is 629. The molecule has 0 N–H and O–H groups in total. The maximum Gasteiger partial charge on any atom is 0.328 e. The Hall–Kier alpha value is -1.69. The van der Waals surface area contributed by atoms with Crippen LogP contribution in [0.1, 0.15) is 17.8 Å². The zero-order valence-corrected chi connectivity index (χ0v) is 10.6. The van der Waals surface area contributed by atoms with Gasteiger partial charge in [-0.3, -0.25) is 9.36 Å². The first kappa shape index (κ1) is 11.8. The number of hydrogen-bond acceptors (Lipinski definition) is 5. The summed E-state index contributed by atoms with van der Waals surface area (Å²) in [6.07, 6.45) is 1.39. The van der Waals surface area contributed by atoms with Gasteiger partial charge in [-0.2, -0.15) is 0 Å². The molecule has 6 heteroatoms. The second-order valence-electron chi connectivity index (χ2n) is 3.73. The van der Waals surface area contributed by atoms with Crippen molar-refractivity contribution >= 4 is 27.5 Å². The van der Waals surface area contributed by atoms with E-state index in [0.29, 0.717) is 10.2 Å². The molecule has 0 aromatic carbocycles. The van der Waals surface area contributed by atoms with Crippen LogP contribution >= 0.6 is 11.3 Å². The van der Waals surface area contributed by atoms with Gasteiger partial charge in [0.15, 0.2) is 0 Å². The molecule has 0 spiro atoms. The fourth-order valence-corrected chi connectivity index (χ4v) is 2.45. The van der Waals surface area contributed by atoms with E-state index >= 15 is 0 Å². The third-order valence-corrected chi connectivity index (χ3v) is 3.52. The first-order valence-electron chi connectivity index (χ1n) is 5.09. The summed E-state index contributed by atoms with van der Waals surface area (Å²) in [5.74, 6) is -0.458. The molecule has 2 rings (SSSR count). The van der Waals surface area contributed by atoms with Gasteiger partial charge in [0.05, 0.1) is 18.8 Å². The van der Waals surface area contributed by atoms with Crippen molar-refractivity contribution in [2.75, 3.05) is 7.11 Å². The number of aryl methyl sites for hydroxylation is 1. The summed E-state index contributed by atoms with van der Waals surface area (Å²) in [7, 11) is 1.30. The van der Waals surface area contributed by atoms with Crippen LogP contribution in [0.4, 0.5) is 0 Å². The topological polar surface area (TPSA) is 61.2 Å². The van der Waals surface area contributed by atoms with Gasteiger partial charge < -0.3 is 4.74 Å². The van der Waals surface area contributed by atoms with E-state index in [0.717, 1.165) is 4.88 Å². The summed E-state index contributed by atoms with van der Waals surface area (Å²) < 4.78 is 5.91. The van der Waals surface area contributed by atoms with Crippen molar-refractivity contribution in [3.05, 3.63) is 27.6 Å². The summed E-state index contributed by atoms with van der Waals surface area (Å²) in [5, 5.41) is 0.547. The van der Waals surface area contributed by atoms with Crippen LogP contribution in [0, 0.1) is 6.92 Å². The molecule has 0 aliphatic carbocycles. The van der Waals surface area contributed by atoms with E-state index in [-0.39, 0.29) is 5.56 Å². The maximum atomic E-state index is 12.1. The highest BCUT2D eigenvalue weighted by atomic mass is 32.1. The third-order valence-electron chi connectivity index (χ3n) is 2.56. The van der Waals surface area contributed by atoms with Crippen LogP contribution in [0.2, 0.25) is 0 Å². The van der Waals surface area contributed by atoms with Gasteiger partial charge in [-0.05, 0) is 19.9 Å². The van der Waals surface area contributed by atoms with Crippen molar-refractivity contribution in [3.8, 4) is 0 Å². The largest absolute Gasteiger partial charge is 0.467 e. The molecule has 0 bridgehead atoms. The fourth-order valence-electron chi connectivity index (χ4n) is 1.62. The monoisotopic (exact) mass is 252 g/mol. The van der Waals surface area contributed by atoms with E-state index in [1.807, 2.05) is 6.92 Å². The lowest BCUT2D eigenvalue weighted by Crippen LogP contribution is -2.28. The number of rotatable bonds is 2. The minimum atomic E-state index is -0.662. The molecule has 0 saturated carbocycles. The Morgan fingerprint density at radius 2 is 2.29 bits per heavy atom. The normalized spacial score (nSPS) is 12.6. The number of nitrogens with zero attached hydrogens (tertiary/aromatic N) is 2. The van der Waals surface area contributed by atoms with E-state index in [1.54, 1.807) is 13.0 Å². The van der Waals surface area contributed by atoms with Gasteiger partial charge >= 0.3 is 5.97 Å². The summed E-state index contributed by atoms with van der Waals surface area (Å²) in [6.45, 7) is 3.53. The number of carbonyl (C=O) groups excluding carboxylic acids is 1. The molecule has 0 radical (unpaired) electrons. The van der Waals surface area contributed by atoms with Crippen LogP contribution in [-0.4, -0.2) is 22.6 Å². The number of aromatic nitrogens is 2. The lowest BCUT2D eigenvalue weighted by atomic mass is 10.3. The average Bonchev–Trinajstić information content (AvgIpc) is 2.69. The number of thiophene rings is 1. The van der Waals surface area contributed by atoms with E-state index in [1.165, 1.54) is 29.3 Å². The molecule has 2 aromatic rings. The predicted molar refractivity (Wildman–Crippen MR) is 65.3 cm³/mol. The van der Waals surface area contributed by atoms with Gasteiger partial charge in [0.25, 0.3) is 5.56 Å². The quantitative estimate of drug-likeness (QED) is 0.760. The first-order chi connectivity index (χ1) is 8.04. The number of ether oxygens (including phenoxy) is 1. The van der Waals surface area contributed by atoms with Crippen LogP contribution in [-0.2, 0) is 9.53 Å². The molecule has 90 valence electrons. The molecule has 1 unspecified atom stereocenters. The lowest BCUT2D eigenvalue weighted by Gasteiger charge is -2.11. The average molecular weight is 252 g/mol. The van der Waals surface area contributed by atoms with Gasteiger partial charge in [-0.1, -0.05) is 0 Å². The second kappa shape index (κ2) is 4.29. The molecular weight excluding hydrogens is 240 g/mol. The molecular formula is C11H12N2O3S. The van der Waals surface area contributed by atoms with E-state index in [4.69, 9.17) is 0 Å². The number of hydrogen-bond donors (Lipinski definition) is 0. The highest BCUT2D eigenvalue weighted by Gasteiger charge is 2.18. The molecule has 0 aliphatic heterocycles. The number of esters is 1. The van der Waals surface area contributed by atoms with Crippen LogP contribution in [0.3, 0.4) is 0 Å². The predicted octanol–water partition coefficient (Wildman–Crippen LogP) is 1.50. The molecule has 2 heterocycles. The molecule has 1 atom stereocenters. The molecule has 17 heavy (non-hydrogen) atoms. The number of methoxy groups -OCH3 is 1. The summed E-state index contributed by atoms with van der Waals surface area (Å²) in [4.78, 5) is 29.4. The molecule has 0 fully saturated rings. The summed E-state index contributed by atoms with van der Waals surface area (Å²) >= 11 is 1.46. The van der Waals surface area contributed by atoms with Crippen molar-refractivity contribution in [1.29, 1.82) is 0 Å². The first-order valence-corrected chi connectivity index (χ1v) is 5.91. The number of fused-ring (bicyclic) bond motifs is 1. The van der Waals surface area contributed by atoms with Crippen LogP contribution in [0.15, 0.2) is 17.2 Å². The molecule has 2 aromatic heterocycles. The van der Waals surface area contributed by atoms with Gasteiger partial charge in [0.2, 0.25) is 0 Å². The van der Waals surface area contributed by atoms with Crippen molar-refractivity contribution in [2.24, 2.45) is 0 Å². The van der Waals surface area contributed by atoms with Crippen molar-refractivity contribution < 1.29 is 9.53 Å². The molecule has 0 saturated heterocycles. The molecule has 0 amide bonds. The van der Waals surface area contributed by atoms with Crippen LogP contribution < -0.4 is 5.56 Å². The second-order valence-corrected chi connectivity index (χ2v) is 4.97. The third kappa shape index (κ3) is 1.95. The maximum absolute atomic E-state index is 12.1. The SMILES string of the molecule is COC(=O)C(C)n1cnc2sc(C)cc2c1=O. The van der Waals surface area contributed by atoms with E-state index < -0.39 is 12.0 Å². The Balaban J connectivity index is 2.60. The van der Waals surface area contributed by atoms with Crippen LogP contribution in [0.25, 0.3) is 10.2 Å². The van der Waals surface area contributed by atoms with Crippen molar-refractivity contribution in [3.63, 3.8) is 0 Å². The minimum Gasteiger partial charge on any atom is -0.467 e. The smallest absolute Gasteiger partial charge is 0.328 e. The number of carbonyl (C=O) groups is 1. The van der Waals surface area contributed by atoms with Crippen molar-refractivity contribution in [1.82, 2.24) is 9.55 Å². The zero-order chi connectivity index (χ0) is 12.6. The standard InChI is InChI=1S/C11H12N2O3S/c1-6-4-8-9(17-6)12-5-13(10(8)14)7(2)11(15)16-3/h4-5,7H,1-3H3. The van der Waals surface area contributed by atoms with E-state index in [9.17, 15) is 9.59 Å². The van der Waals surface area contributed by atoms with Gasteiger partial charge in [-0.25, -0.2) is 9.78 Å². The van der Waals surface area contributed by atoms with Gasteiger partial charge in [0.1, 0.15) is 10.9 Å². The Morgan fingerprint density at radius 3 is 2.94 bits per heavy atom. The Kier molecular flexibility index (Phi) is 2.97.